The highest BCUT2D eigenvalue weighted by molar-refractivity contribution is 5.39. The molecule has 0 saturated heterocycles. The van der Waals surface area contributed by atoms with E-state index in [9.17, 15) is 0 Å². The van der Waals surface area contributed by atoms with Crippen LogP contribution in [-0.4, -0.2) is 6.04 Å². The third-order valence-electron chi connectivity index (χ3n) is 2.15. The molecule has 0 amide bonds. The van der Waals surface area contributed by atoms with Gasteiger partial charge in [0.15, 0.2) is 0 Å². The zero-order chi connectivity index (χ0) is 10.4. The van der Waals surface area contributed by atoms with Crippen LogP contribution in [-0.2, 0) is 6.54 Å². The lowest BCUT2D eigenvalue weighted by Crippen LogP contribution is -2.15. The van der Waals surface area contributed by atoms with E-state index in [0.29, 0.717) is 0 Å². The number of nitrogens with one attached hydrogen (secondary N) is 1. The van der Waals surface area contributed by atoms with Gasteiger partial charge in [0.05, 0.1) is 0 Å². The van der Waals surface area contributed by atoms with Crippen molar-refractivity contribution in [3.63, 3.8) is 0 Å². The SMILES string of the molecule is CC.Nc1ccc(CNC2CC2)cc1. The fraction of sp³-hybridized carbons (Fsp3) is 0.500. The van der Waals surface area contributed by atoms with Gasteiger partial charge in [-0.1, -0.05) is 26.0 Å². The molecule has 14 heavy (non-hydrogen) atoms. The van der Waals surface area contributed by atoms with Crippen molar-refractivity contribution in [2.24, 2.45) is 0 Å². The fourth-order valence-electron chi connectivity index (χ4n) is 1.19. The highest BCUT2D eigenvalue weighted by Gasteiger charge is 2.19. The maximum atomic E-state index is 5.57. The molecule has 3 N–H and O–H groups in total. The topological polar surface area (TPSA) is 38.0 Å². The molecule has 78 valence electrons. The molecule has 1 aromatic carbocycles. The monoisotopic (exact) mass is 192 g/mol. The predicted octanol–water partition coefficient (Wildman–Crippen LogP) is 2.55. The zero-order valence-corrected chi connectivity index (χ0v) is 9.09. The van der Waals surface area contributed by atoms with Crippen molar-refractivity contribution in [3.8, 4) is 0 Å². The van der Waals surface area contributed by atoms with Crippen molar-refractivity contribution in [2.75, 3.05) is 5.73 Å². The third-order valence-corrected chi connectivity index (χ3v) is 2.15. The van der Waals surface area contributed by atoms with Gasteiger partial charge in [0.2, 0.25) is 0 Å². The number of benzene rings is 1. The lowest BCUT2D eigenvalue weighted by atomic mass is 10.2. The molecular formula is C12H20N2. The molecular weight excluding hydrogens is 172 g/mol. The molecule has 2 heteroatoms. The minimum atomic E-state index is 0.780. The first-order chi connectivity index (χ1) is 6.84. The van der Waals surface area contributed by atoms with Gasteiger partial charge in [-0.15, -0.1) is 0 Å². The van der Waals surface area contributed by atoms with Crippen LogP contribution in [0.1, 0.15) is 32.3 Å². The lowest BCUT2D eigenvalue weighted by molar-refractivity contribution is 0.688. The van der Waals surface area contributed by atoms with Crippen LogP contribution >= 0.6 is 0 Å². The summed E-state index contributed by atoms with van der Waals surface area (Å²) in [5, 5.41) is 3.45. The van der Waals surface area contributed by atoms with Crippen molar-refractivity contribution in [1.29, 1.82) is 0 Å². The minimum absolute atomic E-state index is 0.780. The van der Waals surface area contributed by atoms with Crippen molar-refractivity contribution in [1.82, 2.24) is 5.32 Å². The number of hydrogen-bond acceptors (Lipinski definition) is 2. The summed E-state index contributed by atoms with van der Waals surface area (Å²) in [5.74, 6) is 0. The van der Waals surface area contributed by atoms with Crippen molar-refractivity contribution >= 4 is 5.69 Å². The summed E-state index contributed by atoms with van der Waals surface area (Å²) in [6.07, 6.45) is 2.68. The maximum Gasteiger partial charge on any atom is 0.0314 e. The van der Waals surface area contributed by atoms with Gasteiger partial charge in [0.25, 0.3) is 0 Å². The van der Waals surface area contributed by atoms with Crippen LogP contribution in [0.5, 0.6) is 0 Å². The van der Waals surface area contributed by atoms with Crippen LogP contribution in [0.4, 0.5) is 5.69 Å². The molecule has 0 heterocycles. The fourth-order valence-corrected chi connectivity index (χ4v) is 1.19. The van der Waals surface area contributed by atoms with Gasteiger partial charge in [0, 0.05) is 18.3 Å². The van der Waals surface area contributed by atoms with Crippen LogP contribution in [0.3, 0.4) is 0 Å². The molecule has 0 unspecified atom stereocenters. The van der Waals surface area contributed by atoms with E-state index in [4.69, 9.17) is 5.73 Å². The summed E-state index contributed by atoms with van der Waals surface area (Å²) in [5.41, 5.74) is 7.73. The summed E-state index contributed by atoms with van der Waals surface area (Å²) >= 11 is 0. The molecule has 0 spiro atoms. The highest BCUT2D eigenvalue weighted by atomic mass is 14.9. The van der Waals surface area contributed by atoms with Gasteiger partial charge in [-0.25, -0.2) is 0 Å². The Morgan fingerprint density at radius 3 is 2.29 bits per heavy atom. The second-order valence-electron chi connectivity index (χ2n) is 3.40. The second-order valence-corrected chi connectivity index (χ2v) is 3.40. The predicted molar refractivity (Wildman–Crippen MR) is 62.1 cm³/mol. The van der Waals surface area contributed by atoms with Gasteiger partial charge >= 0.3 is 0 Å². The van der Waals surface area contributed by atoms with Crippen molar-refractivity contribution in [3.05, 3.63) is 29.8 Å². The van der Waals surface area contributed by atoms with E-state index in [0.717, 1.165) is 18.3 Å². The van der Waals surface area contributed by atoms with Gasteiger partial charge in [-0.2, -0.15) is 0 Å². The average Bonchev–Trinajstić information content (AvgIpc) is 3.04. The third kappa shape index (κ3) is 3.79. The normalized spacial score (nSPS) is 14.4. The van der Waals surface area contributed by atoms with Gasteiger partial charge in [-0.3, -0.25) is 0 Å². The molecule has 0 aliphatic heterocycles. The van der Waals surface area contributed by atoms with E-state index in [1.165, 1.54) is 18.4 Å². The number of rotatable bonds is 3. The molecule has 2 rings (SSSR count). The van der Waals surface area contributed by atoms with E-state index in [-0.39, 0.29) is 0 Å². The van der Waals surface area contributed by atoms with Crippen LogP contribution in [0.25, 0.3) is 0 Å². The van der Waals surface area contributed by atoms with E-state index in [1.807, 2.05) is 26.0 Å². The number of nitrogen functional groups attached to an aromatic ring is 1. The summed E-state index contributed by atoms with van der Waals surface area (Å²) in [6, 6.07) is 8.83. The largest absolute Gasteiger partial charge is 0.399 e. The number of hydrogen-bond donors (Lipinski definition) is 2. The Morgan fingerprint density at radius 1 is 1.21 bits per heavy atom. The first-order valence-corrected chi connectivity index (χ1v) is 5.42. The Balaban J connectivity index is 0.000000461. The van der Waals surface area contributed by atoms with E-state index < -0.39 is 0 Å². The quantitative estimate of drug-likeness (QED) is 0.722. The first-order valence-electron chi connectivity index (χ1n) is 5.42. The van der Waals surface area contributed by atoms with Crippen LogP contribution < -0.4 is 11.1 Å². The molecule has 1 saturated carbocycles. The van der Waals surface area contributed by atoms with Gasteiger partial charge in [-0.05, 0) is 30.5 Å². The summed E-state index contributed by atoms with van der Waals surface area (Å²) < 4.78 is 0. The zero-order valence-electron chi connectivity index (χ0n) is 9.09. The molecule has 0 atom stereocenters. The Labute approximate surface area is 86.5 Å². The van der Waals surface area contributed by atoms with Gasteiger partial charge < -0.3 is 11.1 Å². The van der Waals surface area contributed by atoms with E-state index >= 15 is 0 Å². The Kier molecular flexibility index (Phi) is 4.47. The molecule has 0 radical (unpaired) electrons. The second kappa shape index (κ2) is 5.66. The average molecular weight is 192 g/mol. The first kappa shape index (κ1) is 11.1. The summed E-state index contributed by atoms with van der Waals surface area (Å²) in [6.45, 7) is 4.98. The Morgan fingerprint density at radius 2 is 1.79 bits per heavy atom. The van der Waals surface area contributed by atoms with Crippen LogP contribution in [0, 0.1) is 0 Å². The molecule has 2 nitrogen and oxygen atoms in total. The lowest BCUT2D eigenvalue weighted by Gasteiger charge is -2.02. The Hall–Kier alpha value is -1.02. The smallest absolute Gasteiger partial charge is 0.0314 e. The molecule has 1 aliphatic rings. The number of nitrogens with two attached hydrogens (primary N) is 1. The molecule has 0 aromatic heterocycles. The van der Waals surface area contributed by atoms with Crippen LogP contribution in [0.2, 0.25) is 0 Å². The Bertz CT molecular complexity index is 250. The van der Waals surface area contributed by atoms with Gasteiger partial charge in [0.1, 0.15) is 0 Å². The highest BCUT2D eigenvalue weighted by Crippen LogP contribution is 2.19. The van der Waals surface area contributed by atoms with Crippen LogP contribution in [0.15, 0.2) is 24.3 Å². The summed E-state index contributed by atoms with van der Waals surface area (Å²) in [7, 11) is 0. The summed E-state index contributed by atoms with van der Waals surface area (Å²) in [4.78, 5) is 0. The number of anilines is 1. The minimum Gasteiger partial charge on any atom is -0.399 e. The van der Waals surface area contributed by atoms with Crippen molar-refractivity contribution < 1.29 is 0 Å². The standard InChI is InChI=1S/C10H14N2.C2H6/c11-9-3-1-8(2-4-9)7-12-10-5-6-10;1-2/h1-4,10,12H,5-7,11H2;1-2H3. The van der Waals surface area contributed by atoms with Crippen molar-refractivity contribution in [2.45, 2.75) is 39.3 Å². The van der Waals surface area contributed by atoms with E-state index in [1.54, 1.807) is 0 Å². The molecule has 1 fully saturated rings. The maximum absolute atomic E-state index is 5.57. The molecule has 1 aromatic rings. The molecule has 1 aliphatic carbocycles. The van der Waals surface area contributed by atoms with E-state index in [2.05, 4.69) is 17.4 Å². The molecule has 0 bridgehead atoms.